The third-order valence-corrected chi connectivity index (χ3v) is 5.37. The van der Waals surface area contributed by atoms with Gasteiger partial charge in [-0.15, -0.1) is 11.3 Å². The van der Waals surface area contributed by atoms with Crippen LogP contribution in [0.4, 0.5) is 0 Å². The standard InChI is InChI=1S/C16H23N5S/c1-2-5-19(6-3-1)10-14-11-21-8-7-20(12-15(21)18-14)13-16-17-4-9-22-16/h4,9,11H,1-3,5-8,10,12-13H2. The third kappa shape index (κ3) is 3.24. The molecule has 118 valence electrons. The van der Waals surface area contributed by atoms with E-state index >= 15 is 0 Å². The van der Waals surface area contributed by atoms with Gasteiger partial charge in [0.1, 0.15) is 10.8 Å². The van der Waals surface area contributed by atoms with Gasteiger partial charge >= 0.3 is 0 Å². The van der Waals surface area contributed by atoms with Gasteiger partial charge in [0.2, 0.25) is 0 Å². The van der Waals surface area contributed by atoms with E-state index in [9.17, 15) is 0 Å². The molecule has 0 atom stereocenters. The molecule has 0 radical (unpaired) electrons. The zero-order valence-electron chi connectivity index (χ0n) is 12.9. The highest BCUT2D eigenvalue weighted by Crippen LogP contribution is 2.18. The Morgan fingerprint density at radius 3 is 2.73 bits per heavy atom. The molecule has 4 rings (SSSR count). The average molecular weight is 317 g/mol. The second-order valence-corrected chi connectivity index (χ2v) is 7.29. The maximum absolute atomic E-state index is 4.89. The van der Waals surface area contributed by atoms with Gasteiger partial charge in [-0.3, -0.25) is 9.80 Å². The van der Waals surface area contributed by atoms with Crippen LogP contribution < -0.4 is 0 Å². The van der Waals surface area contributed by atoms with E-state index < -0.39 is 0 Å². The van der Waals surface area contributed by atoms with Crippen LogP contribution in [0.5, 0.6) is 0 Å². The number of thiazole rings is 1. The molecule has 5 nitrogen and oxygen atoms in total. The highest BCUT2D eigenvalue weighted by Gasteiger charge is 2.20. The number of likely N-dealkylation sites (tertiary alicyclic amines) is 1. The first-order valence-electron chi connectivity index (χ1n) is 8.25. The van der Waals surface area contributed by atoms with Crippen LogP contribution in [0.2, 0.25) is 0 Å². The molecule has 0 aliphatic carbocycles. The van der Waals surface area contributed by atoms with E-state index in [1.54, 1.807) is 11.3 Å². The predicted octanol–water partition coefficient (Wildman–Crippen LogP) is 2.34. The van der Waals surface area contributed by atoms with Crippen molar-refractivity contribution in [3.8, 4) is 0 Å². The number of nitrogens with zero attached hydrogens (tertiary/aromatic N) is 5. The highest BCUT2D eigenvalue weighted by atomic mass is 32.1. The molecule has 0 spiro atoms. The highest BCUT2D eigenvalue weighted by molar-refractivity contribution is 7.09. The molecule has 1 fully saturated rings. The number of hydrogen-bond donors (Lipinski definition) is 0. The van der Waals surface area contributed by atoms with Crippen molar-refractivity contribution >= 4 is 11.3 Å². The second-order valence-electron chi connectivity index (χ2n) is 6.32. The smallest absolute Gasteiger partial charge is 0.123 e. The maximum atomic E-state index is 4.89. The number of rotatable bonds is 4. The van der Waals surface area contributed by atoms with Crippen molar-refractivity contribution in [2.24, 2.45) is 0 Å². The zero-order valence-corrected chi connectivity index (χ0v) is 13.8. The van der Waals surface area contributed by atoms with Crippen LogP contribution in [-0.2, 0) is 26.2 Å². The molecule has 2 aliphatic rings. The van der Waals surface area contributed by atoms with Gasteiger partial charge in [-0.2, -0.15) is 0 Å². The van der Waals surface area contributed by atoms with Gasteiger partial charge in [0.15, 0.2) is 0 Å². The number of imidazole rings is 1. The van der Waals surface area contributed by atoms with Gasteiger partial charge in [-0.05, 0) is 25.9 Å². The van der Waals surface area contributed by atoms with Crippen molar-refractivity contribution in [1.29, 1.82) is 0 Å². The van der Waals surface area contributed by atoms with Crippen molar-refractivity contribution in [2.75, 3.05) is 19.6 Å². The normalized spacial score (nSPS) is 20.2. The summed E-state index contributed by atoms with van der Waals surface area (Å²) < 4.78 is 2.34. The molecular weight excluding hydrogens is 294 g/mol. The van der Waals surface area contributed by atoms with E-state index in [1.807, 2.05) is 6.20 Å². The molecule has 0 aromatic carbocycles. The van der Waals surface area contributed by atoms with Crippen LogP contribution >= 0.6 is 11.3 Å². The van der Waals surface area contributed by atoms with E-state index in [4.69, 9.17) is 4.98 Å². The monoisotopic (exact) mass is 317 g/mol. The van der Waals surface area contributed by atoms with Gasteiger partial charge in [0, 0.05) is 37.4 Å². The largest absolute Gasteiger partial charge is 0.332 e. The van der Waals surface area contributed by atoms with Gasteiger partial charge in [-0.25, -0.2) is 9.97 Å². The Kier molecular flexibility index (Phi) is 4.23. The second kappa shape index (κ2) is 6.48. The topological polar surface area (TPSA) is 37.2 Å². The fraction of sp³-hybridized carbons (Fsp3) is 0.625. The van der Waals surface area contributed by atoms with E-state index in [0.29, 0.717) is 0 Å². The molecule has 2 aliphatic heterocycles. The molecule has 0 bridgehead atoms. The van der Waals surface area contributed by atoms with Gasteiger partial charge in [-0.1, -0.05) is 6.42 Å². The summed E-state index contributed by atoms with van der Waals surface area (Å²) in [6.45, 7) is 7.52. The van der Waals surface area contributed by atoms with Crippen LogP contribution in [0.15, 0.2) is 17.8 Å². The Morgan fingerprint density at radius 2 is 1.91 bits per heavy atom. The first-order valence-corrected chi connectivity index (χ1v) is 9.13. The number of aromatic nitrogens is 3. The lowest BCUT2D eigenvalue weighted by molar-refractivity contribution is 0.208. The summed E-state index contributed by atoms with van der Waals surface area (Å²) in [5.41, 5.74) is 1.24. The van der Waals surface area contributed by atoms with Gasteiger partial charge < -0.3 is 4.57 Å². The quantitative estimate of drug-likeness (QED) is 0.867. The number of fused-ring (bicyclic) bond motifs is 1. The summed E-state index contributed by atoms with van der Waals surface area (Å²) in [6.07, 6.45) is 8.23. The van der Waals surface area contributed by atoms with E-state index in [1.165, 1.54) is 48.9 Å². The molecule has 6 heteroatoms. The Labute approximate surface area is 135 Å². The summed E-state index contributed by atoms with van der Waals surface area (Å²) in [6, 6.07) is 0. The first kappa shape index (κ1) is 14.4. The molecule has 22 heavy (non-hydrogen) atoms. The van der Waals surface area contributed by atoms with Gasteiger partial charge in [0.05, 0.1) is 18.8 Å². The van der Waals surface area contributed by atoms with Crippen molar-refractivity contribution in [2.45, 2.75) is 45.4 Å². The Balaban J connectivity index is 1.39. The van der Waals surface area contributed by atoms with Crippen molar-refractivity contribution in [3.63, 3.8) is 0 Å². The minimum absolute atomic E-state index is 0.944. The zero-order chi connectivity index (χ0) is 14.8. The third-order valence-electron chi connectivity index (χ3n) is 4.61. The maximum Gasteiger partial charge on any atom is 0.123 e. The fourth-order valence-electron chi connectivity index (χ4n) is 3.44. The molecule has 2 aromatic heterocycles. The number of hydrogen-bond acceptors (Lipinski definition) is 5. The van der Waals surface area contributed by atoms with E-state index in [0.717, 1.165) is 32.7 Å². The molecule has 2 aromatic rings. The SMILES string of the molecule is c1csc(CN2CCn3cc(CN4CCCCC4)nc3C2)n1. The molecular formula is C16H23N5S. The molecule has 0 N–H and O–H groups in total. The van der Waals surface area contributed by atoms with Gasteiger partial charge in [0.25, 0.3) is 0 Å². The molecule has 0 unspecified atom stereocenters. The lowest BCUT2D eigenvalue weighted by Crippen LogP contribution is -2.33. The lowest BCUT2D eigenvalue weighted by atomic mass is 10.1. The van der Waals surface area contributed by atoms with Crippen molar-refractivity contribution in [3.05, 3.63) is 34.3 Å². The average Bonchev–Trinajstić information content (AvgIpc) is 3.17. The van der Waals surface area contributed by atoms with Crippen LogP contribution in [0.25, 0.3) is 0 Å². The Bertz CT molecular complexity index is 600. The van der Waals surface area contributed by atoms with Crippen molar-refractivity contribution < 1.29 is 0 Å². The van der Waals surface area contributed by atoms with Crippen LogP contribution in [0.3, 0.4) is 0 Å². The first-order chi connectivity index (χ1) is 10.9. The summed E-state index contributed by atoms with van der Waals surface area (Å²) in [5, 5.41) is 3.25. The van der Waals surface area contributed by atoms with Crippen molar-refractivity contribution in [1.82, 2.24) is 24.3 Å². The number of piperidine rings is 1. The minimum Gasteiger partial charge on any atom is -0.332 e. The summed E-state index contributed by atoms with van der Waals surface area (Å²) in [4.78, 5) is 14.3. The minimum atomic E-state index is 0.944. The Hall–Kier alpha value is -1.24. The van der Waals surface area contributed by atoms with E-state index in [2.05, 4.69) is 30.9 Å². The fourth-order valence-corrected chi connectivity index (χ4v) is 4.10. The lowest BCUT2D eigenvalue weighted by Gasteiger charge is -2.26. The molecule has 0 amide bonds. The van der Waals surface area contributed by atoms with Crippen LogP contribution in [0.1, 0.15) is 35.8 Å². The Morgan fingerprint density at radius 1 is 1.00 bits per heavy atom. The predicted molar refractivity (Wildman–Crippen MR) is 87.6 cm³/mol. The van der Waals surface area contributed by atoms with Crippen LogP contribution in [0, 0.1) is 0 Å². The van der Waals surface area contributed by atoms with E-state index in [-0.39, 0.29) is 0 Å². The molecule has 1 saturated heterocycles. The van der Waals surface area contributed by atoms with Crippen LogP contribution in [-0.4, -0.2) is 44.0 Å². The summed E-state index contributed by atoms with van der Waals surface area (Å²) in [7, 11) is 0. The molecule has 0 saturated carbocycles. The molecule has 4 heterocycles. The summed E-state index contributed by atoms with van der Waals surface area (Å²) >= 11 is 1.74. The summed E-state index contributed by atoms with van der Waals surface area (Å²) in [5.74, 6) is 1.22.